The van der Waals surface area contributed by atoms with Gasteiger partial charge in [0, 0.05) is 11.3 Å². The van der Waals surface area contributed by atoms with Gasteiger partial charge >= 0.3 is 0 Å². The second kappa shape index (κ2) is 8.21. The van der Waals surface area contributed by atoms with Gasteiger partial charge in [-0.3, -0.25) is 9.52 Å². The molecule has 6 nitrogen and oxygen atoms in total. The van der Waals surface area contributed by atoms with Crippen LogP contribution in [0.4, 0.5) is 10.1 Å². The molecular weight excluding hydrogens is 393 g/mol. The van der Waals surface area contributed by atoms with Gasteiger partial charge in [-0.1, -0.05) is 25.3 Å². The van der Waals surface area contributed by atoms with Crippen molar-refractivity contribution in [3.63, 3.8) is 0 Å². The van der Waals surface area contributed by atoms with Crippen LogP contribution >= 0.6 is 0 Å². The summed E-state index contributed by atoms with van der Waals surface area (Å²) in [6, 6.07) is 11.5. The van der Waals surface area contributed by atoms with Crippen molar-refractivity contribution >= 4 is 21.6 Å². The number of hydrogen-bond donors (Lipinski definition) is 2. The van der Waals surface area contributed by atoms with Crippen molar-refractivity contribution in [3.8, 4) is 6.07 Å². The number of carbonyl (C=O) groups excluding carboxylic acids is 1. The molecule has 0 spiro atoms. The van der Waals surface area contributed by atoms with Gasteiger partial charge in [0.25, 0.3) is 15.9 Å². The molecule has 1 amide bonds. The van der Waals surface area contributed by atoms with Crippen LogP contribution in [0.25, 0.3) is 0 Å². The minimum absolute atomic E-state index is 0.0517. The van der Waals surface area contributed by atoms with Crippen LogP contribution in [0.3, 0.4) is 0 Å². The van der Waals surface area contributed by atoms with Gasteiger partial charge < -0.3 is 5.32 Å². The molecule has 152 valence electrons. The lowest BCUT2D eigenvalue weighted by molar-refractivity contribution is 0.0902. The molecule has 1 aliphatic rings. The first kappa shape index (κ1) is 20.8. The highest BCUT2D eigenvalue weighted by Crippen LogP contribution is 2.28. The normalized spacial score (nSPS) is 15.9. The number of hydrogen-bond acceptors (Lipinski definition) is 4. The maximum Gasteiger partial charge on any atom is 0.262 e. The topological polar surface area (TPSA) is 99.1 Å². The first-order chi connectivity index (χ1) is 13.7. The summed E-state index contributed by atoms with van der Waals surface area (Å²) in [5, 5.41) is 12.3. The summed E-state index contributed by atoms with van der Waals surface area (Å²) in [4.78, 5) is 12.7. The zero-order chi connectivity index (χ0) is 21.1. The van der Waals surface area contributed by atoms with Crippen molar-refractivity contribution in [3.05, 3.63) is 59.4 Å². The van der Waals surface area contributed by atoms with Crippen molar-refractivity contribution in [2.45, 2.75) is 49.5 Å². The SMILES string of the molecule is Cc1ccc(C(=O)NC2(C#N)CCCCC2)cc1S(=O)(=O)Nc1ccc(F)cc1. The van der Waals surface area contributed by atoms with E-state index in [0.717, 1.165) is 31.4 Å². The summed E-state index contributed by atoms with van der Waals surface area (Å²) in [6.07, 6.45) is 3.92. The van der Waals surface area contributed by atoms with Gasteiger partial charge in [-0.05, 0) is 61.7 Å². The standard InChI is InChI=1S/C21H22FN3O3S/c1-15-5-6-16(20(26)24-21(14-23)11-3-2-4-12-21)13-19(15)29(27,28)25-18-9-7-17(22)8-10-18/h5-10,13,25H,2-4,11-12H2,1H3,(H,24,26). The molecular formula is C21H22FN3O3S. The van der Waals surface area contributed by atoms with Gasteiger partial charge in [-0.25, -0.2) is 12.8 Å². The van der Waals surface area contributed by atoms with Gasteiger partial charge in [-0.15, -0.1) is 0 Å². The first-order valence-electron chi connectivity index (χ1n) is 9.37. The van der Waals surface area contributed by atoms with Gasteiger partial charge in [0.15, 0.2) is 0 Å². The lowest BCUT2D eigenvalue weighted by atomic mass is 9.82. The number of nitrogens with one attached hydrogen (secondary N) is 2. The average molecular weight is 415 g/mol. The third kappa shape index (κ3) is 4.74. The summed E-state index contributed by atoms with van der Waals surface area (Å²) in [5.41, 5.74) is -0.0728. The number of carbonyl (C=O) groups is 1. The van der Waals surface area contributed by atoms with Crippen LogP contribution < -0.4 is 10.0 Å². The monoisotopic (exact) mass is 415 g/mol. The number of nitrogens with zero attached hydrogens (tertiary/aromatic N) is 1. The number of nitriles is 1. The molecule has 0 bridgehead atoms. The largest absolute Gasteiger partial charge is 0.334 e. The van der Waals surface area contributed by atoms with E-state index in [1.165, 1.54) is 24.3 Å². The van der Waals surface area contributed by atoms with Gasteiger partial charge in [0.2, 0.25) is 0 Å². The van der Waals surface area contributed by atoms with Gasteiger partial charge in [0.1, 0.15) is 11.4 Å². The van der Waals surface area contributed by atoms with Crippen molar-refractivity contribution < 1.29 is 17.6 Å². The Balaban J connectivity index is 1.86. The molecule has 2 aromatic carbocycles. The second-order valence-electron chi connectivity index (χ2n) is 7.30. The van der Waals surface area contributed by atoms with Crippen molar-refractivity contribution in [1.82, 2.24) is 5.32 Å². The first-order valence-corrected chi connectivity index (χ1v) is 10.9. The highest BCUT2D eigenvalue weighted by molar-refractivity contribution is 7.92. The highest BCUT2D eigenvalue weighted by atomic mass is 32.2. The smallest absolute Gasteiger partial charge is 0.262 e. The molecule has 29 heavy (non-hydrogen) atoms. The molecule has 0 heterocycles. The fourth-order valence-electron chi connectivity index (χ4n) is 3.47. The van der Waals surface area contributed by atoms with E-state index in [0.29, 0.717) is 18.4 Å². The van der Waals surface area contributed by atoms with Gasteiger partial charge in [-0.2, -0.15) is 5.26 Å². The van der Waals surface area contributed by atoms with E-state index in [2.05, 4.69) is 16.1 Å². The van der Waals surface area contributed by atoms with Crippen molar-refractivity contribution in [2.75, 3.05) is 4.72 Å². The number of anilines is 1. The maximum absolute atomic E-state index is 13.1. The summed E-state index contributed by atoms with van der Waals surface area (Å²) >= 11 is 0. The molecule has 3 rings (SSSR count). The zero-order valence-electron chi connectivity index (χ0n) is 16.0. The van der Waals surface area contributed by atoms with E-state index < -0.39 is 27.3 Å². The summed E-state index contributed by atoms with van der Waals surface area (Å²) in [7, 11) is -3.98. The van der Waals surface area contributed by atoms with Crippen LogP contribution in [-0.2, 0) is 10.0 Å². The third-order valence-electron chi connectivity index (χ3n) is 5.11. The van der Waals surface area contributed by atoms with E-state index in [9.17, 15) is 22.9 Å². The summed E-state index contributed by atoms with van der Waals surface area (Å²) in [5.74, 6) is -0.955. The van der Waals surface area contributed by atoms with Crippen LogP contribution in [-0.4, -0.2) is 19.9 Å². The maximum atomic E-state index is 13.1. The van der Waals surface area contributed by atoms with E-state index in [4.69, 9.17) is 0 Å². The third-order valence-corrected chi connectivity index (χ3v) is 6.63. The molecule has 0 unspecified atom stereocenters. The molecule has 0 radical (unpaired) electrons. The molecule has 2 aromatic rings. The van der Waals surface area contributed by atoms with E-state index in [-0.39, 0.29) is 16.1 Å². The number of aryl methyl sites for hydroxylation is 1. The Bertz CT molecular complexity index is 1050. The highest BCUT2D eigenvalue weighted by Gasteiger charge is 2.34. The minimum atomic E-state index is -3.98. The molecule has 0 saturated heterocycles. The van der Waals surface area contributed by atoms with E-state index >= 15 is 0 Å². The predicted octanol–water partition coefficient (Wildman–Crippen LogP) is 3.89. The van der Waals surface area contributed by atoms with Crippen LogP contribution in [0.5, 0.6) is 0 Å². The molecule has 0 aromatic heterocycles. The lowest BCUT2D eigenvalue weighted by Crippen LogP contribution is -2.48. The number of amides is 1. The molecule has 0 atom stereocenters. The predicted molar refractivity (Wildman–Crippen MR) is 107 cm³/mol. The van der Waals surface area contributed by atoms with Crippen molar-refractivity contribution in [1.29, 1.82) is 5.26 Å². The van der Waals surface area contributed by atoms with E-state index in [1.54, 1.807) is 13.0 Å². The summed E-state index contributed by atoms with van der Waals surface area (Å²) in [6.45, 7) is 1.62. The Labute approximate surface area is 169 Å². The van der Waals surface area contributed by atoms with Crippen LogP contribution in [0.15, 0.2) is 47.4 Å². The summed E-state index contributed by atoms with van der Waals surface area (Å²) < 4.78 is 41.1. The van der Waals surface area contributed by atoms with Crippen LogP contribution in [0.1, 0.15) is 48.0 Å². The Morgan fingerprint density at radius 3 is 2.38 bits per heavy atom. The molecule has 1 aliphatic carbocycles. The molecule has 1 saturated carbocycles. The lowest BCUT2D eigenvalue weighted by Gasteiger charge is -2.31. The van der Waals surface area contributed by atoms with Crippen molar-refractivity contribution in [2.24, 2.45) is 0 Å². The average Bonchev–Trinajstić information content (AvgIpc) is 2.70. The zero-order valence-corrected chi connectivity index (χ0v) is 16.9. The fraction of sp³-hybridized carbons (Fsp3) is 0.333. The molecule has 1 fully saturated rings. The molecule has 0 aliphatic heterocycles. The Kier molecular flexibility index (Phi) is 5.89. The Hall–Kier alpha value is -2.92. The Morgan fingerprint density at radius 2 is 1.76 bits per heavy atom. The van der Waals surface area contributed by atoms with Crippen LogP contribution in [0.2, 0.25) is 0 Å². The quantitative estimate of drug-likeness (QED) is 0.774. The van der Waals surface area contributed by atoms with Gasteiger partial charge in [0.05, 0.1) is 11.0 Å². The number of benzene rings is 2. The fourth-order valence-corrected chi connectivity index (χ4v) is 4.80. The number of halogens is 1. The second-order valence-corrected chi connectivity index (χ2v) is 8.95. The molecule has 2 N–H and O–H groups in total. The minimum Gasteiger partial charge on any atom is -0.334 e. The Morgan fingerprint density at radius 1 is 1.10 bits per heavy atom. The molecule has 8 heteroatoms. The van der Waals surface area contributed by atoms with E-state index in [1.807, 2.05) is 0 Å². The number of rotatable bonds is 5. The number of sulfonamides is 1. The van der Waals surface area contributed by atoms with Crippen LogP contribution in [0, 0.1) is 24.1 Å².